The SMILES string of the molecule is CC(C)N(CC(=O)Cc1nc(CCl)no1)C(=O)COc1ccc(Br)cc1. The van der Waals surface area contributed by atoms with Crippen molar-refractivity contribution in [2.24, 2.45) is 0 Å². The topological polar surface area (TPSA) is 85.5 Å². The highest BCUT2D eigenvalue weighted by atomic mass is 79.9. The fraction of sp³-hybridized carbons (Fsp3) is 0.412. The number of rotatable bonds is 9. The van der Waals surface area contributed by atoms with Gasteiger partial charge < -0.3 is 14.2 Å². The Hall–Kier alpha value is -1.93. The van der Waals surface area contributed by atoms with Gasteiger partial charge in [0.1, 0.15) is 5.75 Å². The quantitative estimate of drug-likeness (QED) is 0.553. The zero-order chi connectivity index (χ0) is 19.1. The molecule has 1 aromatic heterocycles. The fourth-order valence-corrected chi connectivity index (χ4v) is 2.52. The van der Waals surface area contributed by atoms with E-state index in [0.29, 0.717) is 11.6 Å². The van der Waals surface area contributed by atoms with Crippen molar-refractivity contribution in [1.29, 1.82) is 0 Å². The molecule has 0 unspecified atom stereocenters. The Labute approximate surface area is 164 Å². The van der Waals surface area contributed by atoms with Gasteiger partial charge in [0.05, 0.1) is 18.8 Å². The van der Waals surface area contributed by atoms with E-state index in [1.165, 1.54) is 4.90 Å². The van der Waals surface area contributed by atoms with Crippen molar-refractivity contribution in [3.8, 4) is 5.75 Å². The third kappa shape index (κ3) is 6.10. The number of hydrogen-bond acceptors (Lipinski definition) is 6. The molecule has 0 saturated carbocycles. The number of nitrogens with zero attached hydrogens (tertiary/aromatic N) is 3. The van der Waals surface area contributed by atoms with E-state index in [-0.39, 0.29) is 49.1 Å². The van der Waals surface area contributed by atoms with E-state index in [2.05, 4.69) is 26.1 Å². The molecule has 0 bridgehead atoms. The van der Waals surface area contributed by atoms with Gasteiger partial charge in [0.25, 0.3) is 5.91 Å². The Bertz CT molecular complexity index is 749. The maximum absolute atomic E-state index is 12.4. The van der Waals surface area contributed by atoms with E-state index >= 15 is 0 Å². The van der Waals surface area contributed by atoms with Crippen molar-refractivity contribution in [2.45, 2.75) is 32.2 Å². The van der Waals surface area contributed by atoms with Crippen molar-refractivity contribution in [3.63, 3.8) is 0 Å². The molecule has 0 N–H and O–H groups in total. The molecule has 7 nitrogen and oxygen atoms in total. The normalized spacial score (nSPS) is 10.8. The Morgan fingerprint density at radius 3 is 2.58 bits per heavy atom. The van der Waals surface area contributed by atoms with Crippen LogP contribution in [-0.2, 0) is 21.9 Å². The third-order valence-electron chi connectivity index (χ3n) is 3.44. The summed E-state index contributed by atoms with van der Waals surface area (Å²) in [5.74, 6) is 0.726. The second kappa shape index (κ2) is 9.68. The van der Waals surface area contributed by atoms with Crippen molar-refractivity contribution in [3.05, 3.63) is 40.5 Å². The predicted octanol–water partition coefficient (Wildman–Crippen LogP) is 3.00. The third-order valence-corrected chi connectivity index (χ3v) is 4.21. The van der Waals surface area contributed by atoms with Gasteiger partial charge in [0.15, 0.2) is 18.2 Å². The Morgan fingerprint density at radius 2 is 2.00 bits per heavy atom. The number of amides is 1. The molecule has 0 aliphatic carbocycles. The average molecular weight is 445 g/mol. The summed E-state index contributed by atoms with van der Waals surface area (Å²) in [6.45, 7) is 3.47. The van der Waals surface area contributed by atoms with Crippen LogP contribution in [0.25, 0.3) is 0 Å². The minimum Gasteiger partial charge on any atom is -0.484 e. The first-order valence-corrected chi connectivity index (χ1v) is 9.28. The van der Waals surface area contributed by atoms with Crippen LogP contribution in [0.15, 0.2) is 33.3 Å². The van der Waals surface area contributed by atoms with E-state index in [4.69, 9.17) is 20.9 Å². The van der Waals surface area contributed by atoms with Gasteiger partial charge in [0.2, 0.25) is 5.89 Å². The Kier molecular flexibility index (Phi) is 7.59. The van der Waals surface area contributed by atoms with Crippen LogP contribution in [0.2, 0.25) is 0 Å². The summed E-state index contributed by atoms with van der Waals surface area (Å²) in [5.41, 5.74) is 0. The first-order valence-electron chi connectivity index (χ1n) is 7.96. The molecule has 0 saturated heterocycles. The first-order chi connectivity index (χ1) is 12.4. The summed E-state index contributed by atoms with van der Waals surface area (Å²) in [6, 6.07) is 7.01. The number of carbonyl (C=O) groups excluding carboxylic acids is 2. The largest absolute Gasteiger partial charge is 0.484 e. The zero-order valence-electron chi connectivity index (χ0n) is 14.4. The van der Waals surface area contributed by atoms with Crippen LogP contribution in [-0.4, -0.2) is 45.9 Å². The van der Waals surface area contributed by atoms with E-state index in [1.54, 1.807) is 12.1 Å². The second-order valence-electron chi connectivity index (χ2n) is 5.81. The minimum absolute atomic E-state index is 0.0477. The number of ketones is 1. The summed E-state index contributed by atoms with van der Waals surface area (Å²) < 4.78 is 11.4. The van der Waals surface area contributed by atoms with E-state index in [0.717, 1.165) is 4.47 Å². The van der Waals surface area contributed by atoms with Crippen LogP contribution in [0, 0.1) is 0 Å². The van der Waals surface area contributed by atoms with Crippen molar-refractivity contribution in [1.82, 2.24) is 15.0 Å². The molecule has 26 heavy (non-hydrogen) atoms. The molecule has 0 atom stereocenters. The van der Waals surface area contributed by atoms with Gasteiger partial charge in [-0.2, -0.15) is 4.98 Å². The maximum Gasteiger partial charge on any atom is 0.261 e. The van der Waals surface area contributed by atoms with Crippen LogP contribution in [0.1, 0.15) is 25.6 Å². The lowest BCUT2D eigenvalue weighted by molar-refractivity contribution is -0.138. The smallest absolute Gasteiger partial charge is 0.261 e. The molecular formula is C17H19BrClN3O4. The van der Waals surface area contributed by atoms with Crippen molar-refractivity contribution < 1.29 is 18.8 Å². The Morgan fingerprint density at radius 1 is 1.31 bits per heavy atom. The van der Waals surface area contributed by atoms with Crippen LogP contribution >= 0.6 is 27.5 Å². The average Bonchev–Trinajstić information content (AvgIpc) is 3.06. The van der Waals surface area contributed by atoms with Gasteiger partial charge in [-0.25, -0.2) is 0 Å². The molecular weight excluding hydrogens is 426 g/mol. The fourth-order valence-electron chi connectivity index (χ4n) is 2.15. The molecule has 1 heterocycles. The number of alkyl halides is 1. The summed E-state index contributed by atoms with van der Waals surface area (Å²) in [5, 5.41) is 3.63. The number of Topliss-reactive ketones (excluding diaryl/α,β-unsaturated/α-hetero) is 1. The molecule has 0 spiro atoms. The van der Waals surface area contributed by atoms with Crippen LogP contribution in [0.4, 0.5) is 0 Å². The summed E-state index contributed by atoms with van der Waals surface area (Å²) in [7, 11) is 0. The number of halogens is 2. The zero-order valence-corrected chi connectivity index (χ0v) is 16.8. The molecule has 2 aromatic rings. The number of benzene rings is 1. The van der Waals surface area contributed by atoms with Crippen molar-refractivity contribution >= 4 is 39.2 Å². The van der Waals surface area contributed by atoms with Crippen LogP contribution in [0.3, 0.4) is 0 Å². The first kappa shape index (κ1) is 20.4. The van der Waals surface area contributed by atoms with Gasteiger partial charge in [0, 0.05) is 10.5 Å². The molecule has 1 amide bonds. The lowest BCUT2D eigenvalue weighted by atomic mass is 10.2. The van der Waals surface area contributed by atoms with E-state index in [1.807, 2.05) is 26.0 Å². The van der Waals surface area contributed by atoms with Gasteiger partial charge in [-0.3, -0.25) is 9.59 Å². The lowest BCUT2D eigenvalue weighted by Gasteiger charge is -2.25. The highest BCUT2D eigenvalue weighted by Gasteiger charge is 2.22. The van der Waals surface area contributed by atoms with Crippen LogP contribution < -0.4 is 4.74 Å². The summed E-state index contributed by atoms with van der Waals surface area (Å²) >= 11 is 8.93. The van der Waals surface area contributed by atoms with E-state index in [9.17, 15) is 9.59 Å². The summed E-state index contributed by atoms with van der Waals surface area (Å²) in [4.78, 5) is 30.1. The summed E-state index contributed by atoms with van der Waals surface area (Å²) in [6.07, 6.45) is -0.0477. The highest BCUT2D eigenvalue weighted by Crippen LogP contribution is 2.16. The lowest BCUT2D eigenvalue weighted by Crippen LogP contribution is -2.43. The van der Waals surface area contributed by atoms with Gasteiger partial charge >= 0.3 is 0 Å². The second-order valence-corrected chi connectivity index (χ2v) is 6.99. The molecule has 0 aliphatic rings. The minimum atomic E-state index is -0.275. The van der Waals surface area contributed by atoms with Crippen molar-refractivity contribution in [2.75, 3.05) is 13.2 Å². The molecule has 2 rings (SSSR count). The predicted molar refractivity (Wildman–Crippen MR) is 99.1 cm³/mol. The van der Waals surface area contributed by atoms with Gasteiger partial charge in [-0.1, -0.05) is 21.1 Å². The standard InChI is InChI=1S/C17H19BrClN3O4/c1-11(2)22(9-13(23)7-16-20-15(8-19)21-26-16)17(24)10-25-14-5-3-12(18)4-6-14/h3-6,11H,7-10H2,1-2H3. The number of ether oxygens (including phenoxy) is 1. The molecule has 140 valence electrons. The van der Waals surface area contributed by atoms with E-state index < -0.39 is 0 Å². The van der Waals surface area contributed by atoms with Crippen LogP contribution in [0.5, 0.6) is 5.75 Å². The molecule has 1 aromatic carbocycles. The maximum atomic E-state index is 12.4. The molecule has 0 aliphatic heterocycles. The Balaban J connectivity index is 1.90. The van der Waals surface area contributed by atoms with Gasteiger partial charge in [-0.05, 0) is 38.1 Å². The monoisotopic (exact) mass is 443 g/mol. The number of carbonyl (C=O) groups is 2. The number of hydrogen-bond donors (Lipinski definition) is 0. The molecule has 0 radical (unpaired) electrons. The number of aromatic nitrogens is 2. The highest BCUT2D eigenvalue weighted by molar-refractivity contribution is 9.10. The van der Waals surface area contributed by atoms with Gasteiger partial charge in [-0.15, -0.1) is 11.6 Å². The molecule has 9 heteroatoms. The molecule has 0 fully saturated rings.